The Morgan fingerprint density at radius 3 is 2.39 bits per heavy atom. The van der Waals surface area contributed by atoms with Crippen molar-refractivity contribution in [1.29, 1.82) is 0 Å². The van der Waals surface area contributed by atoms with Gasteiger partial charge in [0.1, 0.15) is 0 Å². The molecule has 0 aromatic rings. The van der Waals surface area contributed by atoms with E-state index < -0.39 is 36.5 Å². The third-order valence-electron chi connectivity index (χ3n) is 2.86. The summed E-state index contributed by atoms with van der Waals surface area (Å²) in [6.07, 6.45) is -3.87. The van der Waals surface area contributed by atoms with Gasteiger partial charge in [0.15, 0.2) is 6.61 Å². The van der Waals surface area contributed by atoms with Gasteiger partial charge in [-0.15, -0.1) is 0 Å². The maximum Gasteiger partial charge on any atom is 0.414 e. The minimum absolute atomic E-state index is 0.0458. The maximum atomic E-state index is 11.8. The van der Waals surface area contributed by atoms with Gasteiger partial charge in [0, 0.05) is 0 Å². The van der Waals surface area contributed by atoms with E-state index in [4.69, 9.17) is 5.11 Å². The Bertz CT molecular complexity index is 332. The number of alkyl halides is 3. The first-order chi connectivity index (χ1) is 8.20. The molecule has 1 fully saturated rings. The van der Waals surface area contributed by atoms with Gasteiger partial charge in [-0.1, -0.05) is 6.92 Å². The van der Waals surface area contributed by atoms with E-state index in [1.165, 1.54) is 0 Å². The molecule has 0 spiro atoms. The molecule has 2 N–H and O–H groups in total. The topological polar surface area (TPSA) is 75.6 Å². The highest BCUT2D eigenvalue weighted by atomic mass is 19.4. The Balaban J connectivity index is 2.48. The van der Waals surface area contributed by atoms with Crippen molar-refractivity contribution in [2.24, 2.45) is 17.8 Å². The highest BCUT2D eigenvalue weighted by Crippen LogP contribution is 2.36. The van der Waals surface area contributed by atoms with Gasteiger partial charge in [-0.2, -0.15) is 13.2 Å². The summed E-state index contributed by atoms with van der Waals surface area (Å²) in [7, 11) is 0. The van der Waals surface area contributed by atoms with Crippen molar-refractivity contribution in [2.45, 2.75) is 25.9 Å². The van der Waals surface area contributed by atoms with Crippen molar-refractivity contribution in [2.75, 3.05) is 6.61 Å². The van der Waals surface area contributed by atoms with Gasteiger partial charge in [0.25, 0.3) is 0 Å². The molecule has 0 aromatic heterocycles. The predicted octanol–water partition coefficient (Wildman–Crippen LogP) is 1.34. The number of nitrogens with one attached hydrogen (secondary N) is 1. The molecule has 1 aliphatic carbocycles. The van der Waals surface area contributed by atoms with E-state index in [2.05, 4.69) is 4.84 Å². The Hall–Kier alpha value is -1.31. The Morgan fingerprint density at radius 2 is 1.89 bits per heavy atom. The van der Waals surface area contributed by atoms with Gasteiger partial charge in [0.05, 0.1) is 11.8 Å². The van der Waals surface area contributed by atoms with Gasteiger partial charge in [0.2, 0.25) is 5.91 Å². The Labute approximate surface area is 101 Å². The molecule has 3 atom stereocenters. The number of carboxylic acid groups (broad SMARTS) is 1. The molecule has 1 amide bonds. The average Bonchev–Trinajstić information content (AvgIpc) is 2.58. The molecule has 0 aromatic carbocycles. The molecule has 5 nitrogen and oxygen atoms in total. The lowest BCUT2D eigenvalue weighted by molar-refractivity contribution is -0.193. The zero-order valence-electron chi connectivity index (χ0n) is 9.66. The first-order valence-electron chi connectivity index (χ1n) is 5.42. The van der Waals surface area contributed by atoms with Crippen LogP contribution < -0.4 is 5.48 Å². The number of hydrogen-bond donors (Lipinski definition) is 2. The number of carbonyl (C=O) groups is 2. The molecule has 8 heteroatoms. The Kier molecular flexibility index (Phi) is 4.55. The predicted molar refractivity (Wildman–Crippen MR) is 53.2 cm³/mol. The summed E-state index contributed by atoms with van der Waals surface area (Å²) in [6.45, 7) is 0.193. The number of hydrogen-bond acceptors (Lipinski definition) is 3. The van der Waals surface area contributed by atoms with Crippen LogP contribution >= 0.6 is 0 Å². The second-order valence-corrected chi connectivity index (χ2v) is 4.50. The van der Waals surface area contributed by atoms with E-state index in [1.807, 2.05) is 0 Å². The summed E-state index contributed by atoms with van der Waals surface area (Å²) in [4.78, 5) is 26.4. The van der Waals surface area contributed by atoms with Crippen LogP contribution in [0.15, 0.2) is 0 Å². The smallest absolute Gasteiger partial charge is 0.414 e. The first kappa shape index (κ1) is 14.7. The van der Waals surface area contributed by atoms with E-state index in [-0.39, 0.29) is 5.92 Å². The van der Waals surface area contributed by atoms with Crippen LogP contribution in [0.1, 0.15) is 19.8 Å². The highest BCUT2D eigenvalue weighted by Gasteiger charge is 2.41. The second-order valence-electron chi connectivity index (χ2n) is 4.50. The lowest BCUT2D eigenvalue weighted by Crippen LogP contribution is -2.37. The molecule has 1 aliphatic rings. The number of aliphatic carboxylic acids is 1. The summed E-state index contributed by atoms with van der Waals surface area (Å²) >= 11 is 0. The van der Waals surface area contributed by atoms with E-state index in [9.17, 15) is 22.8 Å². The summed E-state index contributed by atoms with van der Waals surface area (Å²) in [5, 5.41) is 8.90. The molecule has 1 rings (SSSR count). The number of carboxylic acids is 1. The normalized spacial score (nSPS) is 28.1. The lowest BCUT2D eigenvalue weighted by Gasteiger charge is -2.15. The van der Waals surface area contributed by atoms with Crippen LogP contribution in [-0.2, 0) is 14.4 Å². The SMILES string of the molecule is CC1CC(C(=O)O)C(C(=O)NOCC(F)(F)F)C1. The Morgan fingerprint density at radius 1 is 1.33 bits per heavy atom. The molecule has 0 bridgehead atoms. The molecule has 3 unspecified atom stereocenters. The zero-order chi connectivity index (χ0) is 13.9. The van der Waals surface area contributed by atoms with Crippen LogP contribution in [0.4, 0.5) is 13.2 Å². The third kappa shape index (κ3) is 4.17. The molecule has 1 saturated carbocycles. The minimum Gasteiger partial charge on any atom is -0.481 e. The monoisotopic (exact) mass is 269 g/mol. The van der Waals surface area contributed by atoms with Crippen LogP contribution in [-0.4, -0.2) is 29.8 Å². The molecule has 0 aliphatic heterocycles. The molecule has 18 heavy (non-hydrogen) atoms. The molecular weight excluding hydrogens is 255 g/mol. The van der Waals surface area contributed by atoms with Crippen LogP contribution in [0, 0.1) is 17.8 Å². The number of hydroxylamine groups is 1. The van der Waals surface area contributed by atoms with Crippen molar-refractivity contribution in [3.63, 3.8) is 0 Å². The number of carbonyl (C=O) groups excluding carboxylic acids is 1. The van der Waals surface area contributed by atoms with Crippen molar-refractivity contribution >= 4 is 11.9 Å². The fourth-order valence-electron chi connectivity index (χ4n) is 2.12. The van der Waals surface area contributed by atoms with Crippen molar-refractivity contribution in [3.8, 4) is 0 Å². The summed E-state index contributed by atoms with van der Waals surface area (Å²) in [6, 6.07) is 0. The van der Waals surface area contributed by atoms with E-state index in [1.54, 1.807) is 12.4 Å². The molecule has 0 heterocycles. The average molecular weight is 269 g/mol. The molecule has 0 saturated heterocycles. The van der Waals surface area contributed by atoms with E-state index in [0.29, 0.717) is 12.8 Å². The van der Waals surface area contributed by atoms with Gasteiger partial charge in [-0.25, -0.2) is 5.48 Å². The van der Waals surface area contributed by atoms with E-state index >= 15 is 0 Å². The van der Waals surface area contributed by atoms with Crippen LogP contribution in [0.5, 0.6) is 0 Å². The highest BCUT2D eigenvalue weighted by molar-refractivity contribution is 5.84. The van der Waals surface area contributed by atoms with Gasteiger partial charge in [-0.05, 0) is 18.8 Å². The maximum absolute atomic E-state index is 11.8. The zero-order valence-corrected chi connectivity index (χ0v) is 9.66. The summed E-state index contributed by atoms with van der Waals surface area (Å²) in [5.41, 5.74) is 1.66. The lowest BCUT2D eigenvalue weighted by atomic mass is 9.96. The van der Waals surface area contributed by atoms with Crippen molar-refractivity contribution in [3.05, 3.63) is 0 Å². The molecular formula is C10H14F3NO4. The largest absolute Gasteiger partial charge is 0.481 e. The standard InChI is InChI=1S/C10H14F3NO4/c1-5-2-6(7(3-5)9(16)17)8(15)14-18-4-10(11,12)13/h5-7H,2-4H2,1H3,(H,14,15)(H,16,17). The van der Waals surface area contributed by atoms with Crippen LogP contribution in [0.2, 0.25) is 0 Å². The fraction of sp³-hybridized carbons (Fsp3) is 0.800. The first-order valence-corrected chi connectivity index (χ1v) is 5.42. The van der Waals surface area contributed by atoms with Crippen molar-refractivity contribution in [1.82, 2.24) is 5.48 Å². The van der Waals surface area contributed by atoms with Crippen LogP contribution in [0.3, 0.4) is 0 Å². The fourth-order valence-corrected chi connectivity index (χ4v) is 2.12. The van der Waals surface area contributed by atoms with Crippen molar-refractivity contribution < 1.29 is 32.7 Å². The van der Waals surface area contributed by atoms with E-state index in [0.717, 1.165) is 0 Å². The number of rotatable bonds is 4. The molecule has 104 valence electrons. The number of halogens is 3. The minimum atomic E-state index is -4.54. The van der Waals surface area contributed by atoms with Gasteiger partial charge in [-0.3, -0.25) is 14.4 Å². The third-order valence-corrected chi connectivity index (χ3v) is 2.86. The summed E-state index contributed by atoms with van der Waals surface area (Å²) < 4.78 is 35.3. The quantitative estimate of drug-likeness (QED) is 0.755. The van der Waals surface area contributed by atoms with Crippen LogP contribution in [0.25, 0.3) is 0 Å². The van der Waals surface area contributed by atoms with Gasteiger partial charge < -0.3 is 5.11 Å². The van der Waals surface area contributed by atoms with Gasteiger partial charge >= 0.3 is 12.1 Å². The summed E-state index contributed by atoms with van der Waals surface area (Å²) in [5.74, 6) is -3.59. The number of amides is 1. The second kappa shape index (κ2) is 5.55. The molecule has 0 radical (unpaired) electrons.